The Bertz CT molecular complexity index is 948. The van der Waals surface area contributed by atoms with Crippen molar-refractivity contribution in [1.82, 2.24) is 10.6 Å². The number of carbonyl (C=O) groups excluding carboxylic acids is 3. The topological polar surface area (TPSA) is 99.8 Å². The van der Waals surface area contributed by atoms with E-state index >= 15 is 0 Å². The number of morpholine rings is 1. The number of carbonyl (C=O) groups is 3. The second-order valence-corrected chi connectivity index (χ2v) is 9.52. The molecule has 1 aliphatic heterocycles. The summed E-state index contributed by atoms with van der Waals surface area (Å²) in [6.45, 7) is 5.91. The molecule has 8 nitrogen and oxygen atoms in total. The Labute approximate surface area is 196 Å². The number of benzene rings is 1. The Morgan fingerprint density at radius 1 is 1.16 bits per heavy atom. The lowest BCUT2D eigenvalue weighted by Crippen LogP contribution is -2.49. The van der Waals surface area contributed by atoms with Gasteiger partial charge in [-0.15, -0.1) is 11.3 Å². The van der Waals surface area contributed by atoms with Gasteiger partial charge in [-0.3, -0.25) is 14.4 Å². The van der Waals surface area contributed by atoms with Crippen LogP contribution in [0.4, 0.5) is 11.4 Å². The van der Waals surface area contributed by atoms with E-state index in [0.29, 0.717) is 40.5 Å². The molecule has 3 rings (SSSR count). The maximum Gasteiger partial charge on any atom is 0.261 e. The zero-order valence-corrected chi connectivity index (χ0v) is 19.6. The lowest BCUT2D eigenvalue weighted by molar-refractivity contribution is -0.125. The summed E-state index contributed by atoms with van der Waals surface area (Å²) >= 11 is 7.08. The zero-order chi connectivity index (χ0) is 23.1. The van der Waals surface area contributed by atoms with E-state index in [-0.39, 0.29) is 30.9 Å². The van der Waals surface area contributed by atoms with E-state index in [4.69, 9.17) is 16.3 Å². The van der Waals surface area contributed by atoms with Gasteiger partial charge in [-0.2, -0.15) is 0 Å². The largest absolute Gasteiger partial charge is 0.370 e. The van der Waals surface area contributed by atoms with Gasteiger partial charge < -0.3 is 25.6 Å². The van der Waals surface area contributed by atoms with Crippen LogP contribution in [-0.4, -0.2) is 56.6 Å². The molecular weight excluding hydrogens is 452 g/mol. The highest BCUT2D eigenvalue weighted by atomic mass is 35.5. The van der Waals surface area contributed by atoms with Gasteiger partial charge in [0.2, 0.25) is 5.91 Å². The van der Waals surface area contributed by atoms with E-state index in [1.807, 2.05) is 13.8 Å². The highest BCUT2D eigenvalue weighted by Gasteiger charge is 2.22. The highest BCUT2D eigenvalue weighted by molar-refractivity contribution is 7.18. The molecule has 1 aromatic carbocycles. The quantitative estimate of drug-likeness (QED) is 0.514. The van der Waals surface area contributed by atoms with Gasteiger partial charge in [-0.05, 0) is 48.9 Å². The van der Waals surface area contributed by atoms with Gasteiger partial charge in [0.1, 0.15) is 12.6 Å². The number of thiophene rings is 1. The summed E-state index contributed by atoms with van der Waals surface area (Å²) in [6.07, 6.45) is 0. The molecule has 2 aromatic rings. The van der Waals surface area contributed by atoms with Crippen LogP contribution in [0.2, 0.25) is 4.34 Å². The number of nitrogens with zero attached hydrogens (tertiary/aromatic N) is 1. The van der Waals surface area contributed by atoms with E-state index in [0.717, 1.165) is 5.69 Å². The van der Waals surface area contributed by atoms with Crippen molar-refractivity contribution in [1.29, 1.82) is 0 Å². The molecule has 1 saturated heterocycles. The van der Waals surface area contributed by atoms with Crippen LogP contribution in [0.5, 0.6) is 0 Å². The fourth-order valence-corrected chi connectivity index (χ4v) is 4.06. The molecule has 10 heteroatoms. The SMILES string of the molecule is CC(C)CN[C@@H](CNC(=O)c1ccc(Cl)s1)C(=O)Nc1ccc(N2CCOCC2=O)cc1. The van der Waals surface area contributed by atoms with Crippen molar-refractivity contribution in [2.75, 3.05) is 43.1 Å². The third kappa shape index (κ3) is 6.77. The summed E-state index contributed by atoms with van der Waals surface area (Å²) in [5.41, 5.74) is 1.36. The maximum atomic E-state index is 12.9. The van der Waals surface area contributed by atoms with Crippen LogP contribution in [0, 0.1) is 5.92 Å². The van der Waals surface area contributed by atoms with Gasteiger partial charge in [0, 0.05) is 24.5 Å². The number of rotatable bonds is 9. The highest BCUT2D eigenvalue weighted by Crippen LogP contribution is 2.21. The molecule has 3 N–H and O–H groups in total. The molecule has 1 atom stereocenters. The number of halogens is 1. The van der Waals surface area contributed by atoms with Gasteiger partial charge in [0.15, 0.2) is 0 Å². The number of amides is 3. The normalized spacial score (nSPS) is 15.0. The number of ether oxygens (including phenoxy) is 1. The average molecular weight is 479 g/mol. The van der Waals surface area contributed by atoms with Crippen molar-refractivity contribution in [2.45, 2.75) is 19.9 Å². The molecule has 32 heavy (non-hydrogen) atoms. The van der Waals surface area contributed by atoms with Crippen LogP contribution in [0.3, 0.4) is 0 Å². The Balaban J connectivity index is 1.61. The van der Waals surface area contributed by atoms with E-state index in [1.165, 1.54) is 11.3 Å². The minimum absolute atomic E-state index is 0.0745. The predicted octanol–water partition coefficient (Wildman–Crippen LogP) is 2.75. The van der Waals surface area contributed by atoms with E-state index in [1.54, 1.807) is 41.3 Å². The fraction of sp³-hybridized carbons (Fsp3) is 0.409. The predicted molar refractivity (Wildman–Crippen MR) is 127 cm³/mol. The first-order valence-corrected chi connectivity index (χ1v) is 11.6. The van der Waals surface area contributed by atoms with Gasteiger partial charge in [0.25, 0.3) is 11.8 Å². The van der Waals surface area contributed by atoms with E-state index in [9.17, 15) is 14.4 Å². The minimum atomic E-state index is -0.614. The molecular formula is C22H27ClN4O4S. The van der Waals surface area contributed by atoms with Gasteiger partial charge >= 0.3 is 0 Å². The monoisotopic (exact) mass is 478 g/mol. The van der Waals surface area contributed by atoms with Crippen molar-refractivity contribution < 1.29 is 19.1 Å². The maximum absolute atomic E-state index is 12.9. The summed E-state index contributed by atoms with van der Waals surface area (Å²) in [4.78, 5) is 39.4. The van der Waals surface area contributed by atoms with Crippen molar-refractivity contribution in [2.24, 2.45) is 5.92 Å². The molecule has 2 heterocycles. The molecule has 172 valence electrons. The molecule has 0 saturated carbocycles. The Morgan fingerprint density at radius 2 is 1.91 bits per heavy atom. The van der Waals surface area contributed by atoms with E-state index < -0.39 is 6.04 Å². The summed E-state index contributed by atoms with van der Waals surface area (Å²) in [5.74, 6) is -0.285. The third-order valence-corrected chi connectivity index (χ3v) is 6.01. The molecule has 1 aliphatic rings. The molecule has 0 radical (unpaired) electrons. The van der Waals surface area contributed by atoms with Crippen LogP contribution < -0.4 is 20.9 Å². The van der Waals surface area contributed by atoms with Crippen molar-refractivity contribution in [3.8, 4) is 0 Å². The first-order valence-electron chi connectivity index (χ1n) is 10.4. The Kier molecular flexibility index (Phi) is 8.63. The smallest absolute Gasteiger partial charge is 0.261 e. The van der Waals surface area contributed by atoms with Gasteiger partial charge in [-0.1, -0.05) is 25.4 Å². The molecule has 1 aromatic heterocycles. The molecule has 0 spiro atoms. The molecule has 1 fully saturated rings. The molecule has 3 amide bonds. The molecule has 0 aliphatic carbocycles. The van der Waals surface area contributed by atoms with Crippen LogP contribution >= 0.6 is 22.9 Å². The average Bonchev–Trinajstić information content (AvgIpc) is 3.21. The van der Waals surface area contributed by atoms with Gasteiger partial charge in [-0.25, -0.2) is 0 Å². The number of hydrogen-bond acceptors (Lipinski definition) is 6. The second-order valence-electron chi connectivity index (χ2n) is 7.80. The third-order valence-electron chi connectivity index (χ3n) is 4.79. The Hall–Kier alpha value is -2.46. The van der Waals surface area contributed by atoms with Crippen molar-refractivity contribution >= 4 is 52.0 Å². The van der Waals surface area contributed by atoms with Crippen molar-refractivity contribution in [3.05, 3.63) is 45.6 Å². The lowest BCUT2D eigenvalue weighted by atomic mass is 10.2. The Morgan fingerprint density at radius 3 is 2.53 bits per heavy atom. The van der Waals surface area contributed by atoms with E-state index in [2.05, 4.69) is 16.0 Å². The minimum Gasteiger partial charge on any atom is -0.370 e. The van der Waals surface area contributed by atoms with Crippen LogP contribution in [0.25, 0.3) is 0 Å². The number of nitrogens with one attached hydrogen (secondary N) is 3. The number of anilines is 2. The molecule has 0 bridgehead atoms. The summed E-state index contributed by atoms with van der Waals surface area (Å²) in [6, 6.07) is 9.78. The second kappa shape index (κ2) is 11.4. The van der Waals surface area contributed by atoms with Crippen molar-refractivity contribution in [3.63, 3.8) is 0 Å². The summed E-state index contributed by atoms with van der Waals surface area (Å²) < 4.78 is 5.69. The van der Waals surface area contributed by atoms with Crippen LogP contribution in [0.15, 0.2) is 36.4 Å². The van der Waals surface area contributed by atoms with Crippen LogP contribution in [-0.2, 0) is 14.3 Å². The zero-order valence-electron chi connectivity index (χ0n) is 18.0. The summed E-state index contributed by atoms with van der Waals surface area (Å²) in [5, 5.41) is 8.87. The first kappa shape index (κ1) is 24.2. The van der Waals surface area contributed by atoms with Crippen LogP contribution in [0.1, 0.15) is 23.5 Å². The fourth-order valence-electron chi connectivity index (χ4n) is 3.10. The number of hydrogen-bond donors (Lipinski definition) is 3. The summed E-state index contributed by atoms with van der Waals surface area (Å²) in [7, 11) is 0. The standard InChI is InChI=1S/C22H27ClN4O4S/c1-14(2)11-24-17(12-25-22(30)18-7-8-19(23)32-18)21(29)26-15-3-5-16(6-4-15)27-9-10-31-13-20(27)28/h3-8,14,17,24H,9-13H2,1-2H3,(H,25,30)(H,26,29)/t17-/m0/s1. The molecule has 0 unspecified atom stereocenters. The van der Waals surface area contributed by atoms with Gasteiger partial charge in [0.05, 0.1) is 15.8 Å². The lowest BCUT2D eigenvalue weighted by Gasteiger charge is -2.27. The first-order chi connectivity index (χ1) is 15.3.